The van der Waals surface area contributed by atoms with E-state index in [0.29, 0.717) is 12.3 Å². The molecule has 1 fully saturated rings. The summed E-state index contributed by atoms with van der Waals surface area (Å²) >= 11 is 0. The molecule has 0 spiro atoms. The highest BCUT2D eigenvalue weighted by Crippen LogP contribution is 2.25. The third-order valence-corrected chi connectivity index (χ3v) is 6.44. The molecule has 0 unspecified atom stereocenters. The van der Waals surface area contributed by atoms with Crippen LogP contribution in [0.4, 0.5) is 0 Å². The Labute approximate surface area is 198 Å². The first kappa shape index (κ1) is 23.0. The summed E-state index contributed by atoms with van der Waals surface area (Å²) in [5, 5.41) is 3.31. The fraction of sp³-hybridized carbons (Fsp3) is 0.300. The Balaban J connectivity index is 1.29. The number of nitrogens with one attached hydrogen (secondary N) is 1. The fourth-order valence-electron chi connectivity index (χ4n) is 4.71. The summed E-state index contributed by atoms with van der Waals surface area (Å²) in [5.74, 6) is 0.596. The van der Waals surface area contributed by atoms with Crippen molar-refractivity contribution in [3.63, 3.8) is 0 Å². The van der Waals surface area contributed by atoms with E-state index in [-0.39, 0.29) is 11.9 Å². The maximum Gasteiger partial charge on any atom is 0.221 e. The van der Waals surface area contributed by atoms with E-state index in [1.54, 1.807) is 0 Å². The Morgan fingerprint density at radius 3 is 1.94 bits per heavy atom. The van der Waals surface area contributed by atoms with Crippen LogP contribution in [-0.4, -0.2) is 30.4 Å². The van der Waals surface area contributed by atoms with Gasteiger partial charge < -0.3 is 5.32 Å². The van der Waals surface area contributed by atoms with Crippen LogP contribution in [0, 0.1) is 5.92 Å². The summed E-state index contributed by atoms with van der Waals surface area (Å²) in [5.41, 5.74) is 4.87. The molecule has 33 heavy (non-hydrogen) atoms. The zero-order valence-corrected chi connectivity index (χ0v) is 19.5. The average molecular weight is 439 g/mol. The Kier molecular flexibility index (Phi) is 8.10. The van der Waals surface area contributed by atoms with Gasteiger partial charge in [-0.2, -0.15) is 0 Å². The monoisotopic (exact) mass is 438 g/mol. The Morgan fingerprint density at radius 1 is 0.879 bits per heavy atom. The predicted molar refractivity (Wildman–Crippen MR) is 137 cm³/mol. The largest absolute Gasteiger partial charge is 0.345 e. The lowest BCUT2D eigenvalue weighted by Gasteiger charge is -2.32. The molecule has 3 heteroatoms. The number of likely N-dealkylation sites (tertiary alicyclic amines) is 1. The van der Waals surface area contributed by atoms with Gasteiger partial charge in [0.1, 0.15) is 0 Å². The molecular formula is C30H34N2O. The molecule has 0 saturated carbocycles. The van der Waals surface area contributed by atoms with Crippen molar-refractivity contribution in [2.75, 3.05) is 19.6 Å². The van der Waals surface area contributed by atoms with Crippen molar-refractivity contribution in [1.29, 1.82) is 0 Å². The molecule has 170 valence electrons. The van der Waals surface area contributed by atoms with Crippen molar-refractivity contribution in [2.24, 2.45) is 5.92 Å². The summed E-state index contributed by atoms with van der Waals surface area (Å²) < 4.78 is 0. The fourth-order valence-corrected chi connectivity index (χ4v) is 4.71. The number of hydrogen-bond donors (Lipinski definition) is 1. The summed E-state index contributed by atoms with van der Waals surface area (Å²) in [7, 11) is 0. The van der Waals surface area contributed by atoms with E-state index in [4.69, 9.17) is 0 Å². The minimum atomic E-state index is -0.106. The van der Waals surface area contributed by atoms with E-state index < -0.39 is 0 Å². The van der Waals surface area contributed by atoms with Crippen LogP contribution in [-0.2, 0) is 4.79 Å². The van der Waals surface area contributed by atoms with E-state index in [9.17, 15) is 4.79 Å². The number of carbonyl (C=O) groups is 1. The highest BCUT2D eigenvalue weighted by Gasteiger charge is 2.23. The zero-order valence-electron chi connectivity index (χ0n) is 19.5. The van der Waals surface area contributed by atoms with Gasteiger partial charge in [0, 0.05) is 13.0 Å². The Hall–Kier alpha value is -3.17. The van der Waals surface area contributed by atoms with Crippen LogP contribution in [0.2, 0.25) is 0 Å². The van der Waals surface area contributed by atoms with Crippen LogP contribution in [0.15, 0.2) is 96.6 Å². The van der Waals surface area contributed by atoms with Gasteiger partial charge in [-0.25, -0.2) is 0 Å². The normalized spacial score (nSPS) is 15.5. The molecule has 1 amide bonds. The number of rotatable bonds is 8. The van der Waals surface area contributed by atoms with Crippen molar-refractivity contribution in [3.05, 3.63) is 113 Å². The average Bonchev–Trinajstić information content (AvgIpc) is 2.85. The summed E-state index contributed by atoms with van der Waals surface area (Å²) in [6.07, 6.45) is 5.02. The maximum atomic E-state index is 13.0. The van der Waals surface area contributed by atoms with Crippen LogP contribution in [0.1, 0.15) is 48.9 Å². The minimum absolute atomic E-state index is 0.106. The quantitative estimate of drug-likeness (QED) is 0.461. The van der Waals surface area contributed by atoms with Crippen LogP contribution in [0.5, 0.6) is 0 Å². The van der Waals surface area contributed by atoms with Crippen molar-refractivity contribution in [1.82, 2.24) is 10.2 Å². The maximum absolute atomic E-state index is 13.0. The molecule has 1 aliphatic rings. The van der Waals surface area contributed by atoms with Gasteiger partial charge in [0.15, 0.2) is 0 Å². The summed E-state index contributed by atoms with van der Waals surface area (Å²) in [6, 6.07) is 30.9. The molecule has 3 aromatic carbocycles. The molecule has 0 aliphatic carbocycles. The second-order valence-corrected chi connectivity index (χ2v) is 9.15. The van der Waals surface area contributed by atoms with Gasteiger partial charge in [-0.1, -0.05) is 103 Å². The molecule has 1 saturated heterocycles. The first-order valence-electron chi connectivity index (χ1n) is 12.0. The predicted octanol–water partition coefficient (Wildman–Crippen LogP) is 6.10. The minimum Gasteiger partial charge on any atom is -0.345 e. The van der Waals surface area contributed by atoms with Crippen molar-refractivity contribution < 1.29 is 4.79 Å². The van der Waals surface area contributed by atoms with E-state index in [0.717, 1.165) is 43.6 Å². The first-order valence-corrected chi connectivity index (χ1v) is 12.0. The van der Waals surface area contributed by atoms with Crippen LogP contribution < -0.4 is 5.32 Å². The standard InChI is InChI=1S/C30H34N2O/c1-24(21-25-11-5-2-6-12-25)23-32-19-17-26(18-20-32)22-29(33)31-30(27-13-7-3-8-14-27)28-15-9-4-10-16-28/h2-16,21,26,30H,17-20,22-23H2,1H3,(H,31,33)/b24-21+. The summed E-state index contributed by atoms with van der Waals surface area (Å²) in [4.78, 5) is 15.5. The molecule has 0 bridgehead atoms. The lowest BCUT2D eigenvalue weighted by atomic mass is 9.92. The van der Waals surface area contributed by atoms with Crippen LogP contribution in [0.25, 0.3) is 6.08 Å². The third-order valence-electron chi connectivity index (χ3n) is 6.44. The van der Waals surface area contributed by atoms with Crippen LogP contribution in [0.3, 0.4) is 0 Å². The van der Waals surface area contributed by atoms with Gasteiger partial charge in [0.05, 0.1) is 6.04 Å². The molecule has 1 N–H and O–H groups in total. The molecule has 0 aromatic heterocycles. The Morgan fingerprint density at radius 2 is 1.39 bits per heavy atom. The van der Waals surface area contributed by atoms with E-state index in [1.165, 1.54) is 11.1 Å². The summed E-state index contributed by atoms with van der Waals surface area (Å²) in [6.45, 7) is 5.31. The molecule has 0 radical (unpaired) electrons. The molecule has 3 aromatic rings. The number of carbonyl (C=O) groups excluding carboxylic acids is 1. The zero-order chi connectivity index (χ0) is 22.9. The van der Waals surface area contributed by atoms with Crippen molar-refractivity contribution >= 4 is 12.0 Å². The highest BCUT2D eigenvalue weighted by molar-refractivity contribution is 5.77. The van der Waals surface area contributed by atoms with E-state index in [1.807, 2.05) is 36.4 Å². The van der Waals surface area contributed by atoms with E-state index >= 15 is 0 Å². The highest BCUT2D eigenvalue weighted by atomic mass is 16.1. The van der Waals surface area contributed by atoms with Crippen LogP contribution >= 0.6 is 0 Å². The van der Waals surface area contributed by atoms with Gasteiger partial charge in [-0.15, -0.1) is 0 Å². The SMILES string of the molecule is C/C(=C\c1ccccc1)CN1CCC(CC(=O)NC(c2ccccc2)c2ccccc2)CC1. The number of hydrogen-bond acceptors (Lipinski definition) is 2. The number of amides is 1. The second kappa shape index (κ2) is 11.6. The number of piperidine rings is 1. The van der Waals surface area contributed by atoms with Crippen molar-refractivity contribution in [2.45, 2.75) is 32.2 Å². The Bertz CT molecular complexity index is 983. The van der Waals surface area contributed by atoms with Crippen molar-refractivity contribution in [3.8, 4) is 0 Å². The topological polar surface area (TPSA) is 32.3 Å². The molecule has 0 atom stereocenters. The number of nitrogens with zero attached hydrogens (tertiary/aromatic N) is 1. The molecule has 1 heterocycles. The van der Waals surface area contributed by atoms with E-state index in [2.05, 4.69) is 77.8 Å². The van der Waals surface area contributed by atoms with Gasteiger partial charge in [0.25, 0.3) is 0 Å². The van der Waals surface area contributed by atoms with Gasteiger partial charge in [-0.3, -0.25) is 9.69 Å². The van der Waals surface area contributed by atoms with Gasteiger partial charge in [-0.05, 0) is 55.5 Å². The lowest BCUT2D eigenvalue weighted by Crippen LogP contribution is -2.37. The third kappa shape index (κ3) is 6.90. The molecule has 1 aliphatic heterocycles. The smallest absolute Gasteiger partial charge is 0.221 e. The first-order chi connectivity index (χ1) is 16.2. The number of benzene rings is 3. The molecular weight excluding hydrogens is 404 g/mol. The molecule has 4 rings (SSSR count). The second-order valence-electron chi connectivity index (χ2n) is 9.15. The van der Waals surface area contributed by atoms with Gasteiger partial charge in [0.2, 0.25) is 5.91 Å². The lowest BCUT2D eigenvalue weighted by molar-refractivity contribution is -0.122. The van der Waals surface area contributed by atoms with Gasteiger partial charge >= 0.3 is 0 Å². The molecule has 3 nitrogen and oxygen atoms in total.